The van der Waals surface area contributed by atoms with Crippen molar-refractivity contribution < 1.29 is 14.6 Å². The lowest BCUT2D eigenvalue weighted by molar-refractivity contribution is 0.0696. The number of carbonyl (C=O) groups is 1. The van der Waals surface area contributed by atoms with E-state index in [0.29, 0.717) is 0 Å². The number of aromatic carboxylic acids is 1. The summed E-state index contributed by atoms with van der Waals surface area (Å²) in [5.74, 6) is -0.0481. The molecule has 0 spiro atoms. The summed E-state index contributed by atoms with van der Waals surface area (Å²) in [5, 5.41) is 8.97. The third-order valence-corrected chi connectivity index (χ3v) is 2.63. The molecule has 0 fully saturated rings. The number of methoxy groups -OCH3 is 1. The van der Waals surface area contributed by atoms with Crippen molar-refractivity contribution in [2.24, 2.45) is 0 Å². The van der Waals surface area contributed by atoms with Gasteiger partial charge in [-0.15, -0.1) is 0 Å². The fourth-order valence-corrected chi connectivity index (χ4v) is 1.67. The van der Waals surface area contributed by atoms with Crippen LogP contribution in [0.5, 0.6) is 5.75 Å². The smallest absolute Gasteiger partial charge is 0.335 e. The Balaban J connectivity index is 3.13. The van der Waals surface area contributed by atoms with Crippen molar-refractivity contribution >= 4 is 5.97 Å². The minimum atomic E-state index is -0.916. The van der Waals surface area contributed by atoms with E-state index >= 15 is 0 Å². The molecule has 0 amide bonds. The summed E-state index contributed by atoms with van der Waals surface area (Å²) in [6.45, 7) is 4.09. The number of hydrogen-bond acceptors (Lipinski definition) is 2. The van der Waals surface area contributed by atoms with Crippen LogP contribution in [-0.4, -0.2) is 18.2 Å². The van der Waals surface area contributed by atoms with Gasteiger partial charge in [-0.1, -0.05) is 26.0 Å². The van der Waals surface area contributed by atoms with E-state index < -0.39 is 5.97 Å². The summed E-state index contributed by atoms with van der Waals surface area (Å²) in [5.41, 5.74) is 1.19. The van der Waals surface area contributed by atoms with Gasteiger partial charge in [0.1, 0.15) is 5.75 Å². The first-order valence-electron chi connectivity index (χ1n) is 5.68. The lowest BCUT2D eigenvalue weighted by Gasteiger charge is -2.13. The summed E-state index contributed by atoms with van der Waals surface area (Å²) in [4.78, 5) is 10.9. The van der Waals surface area contributed by atoms with Crippen LogP contribution < -0.4 is 4.74 Å². The molecule has 0 saturated carbocycles. The van der Waals surface area contributed by atoms with Gasteiger partial charge < -0.3 is 9.84 Å². The number of hydrogen-bond donors (Lipinski definition) is 1. The second kappa shape index (κ2) is 6.09. The average molecular weight is 234 g/mol. The molecule has 3 nitrogen and oxygen atoms in total. The zero-order valence-electron chi connectivity index (χ0n) is 10.4. The maximum Gasteiger partial charge on any atom is 0.335 e. The summed E-state index contributed by atoms with van der Waals surface area (Å²) < 4.78 is 5.25. The first-order valence-corrected chi connectivity index (χ1v) is 5.68. The summed E-state index contributed by atoms with van der Waals surface area (Å²) in [7, 11) is 1.59. The molecule has 0 bridgehead atoms. The van der Waals surface area contributed by atoms with Crippen LogP contribution in [0.3, 0.4) is 0 Å². The molecule has 1 unspecified atom stereocenters. The second-order valence-electron chi connectivity index (χ2n) is 3.89. The predicted molar refractivity (Wildman–Crippen MR) is 67.8 cm³/mol. The second-order valence-corrected chi connectivity index (χ2v) is 3.89. The maximum atomic E-state index is 10.9. The van der Waals surface area contributed by atoms with Crippen LogP contribution in [0.15, 0.2) is 30.4 Å². The van der Waals surface area contributed by atoms with Gasteiger partial charge in [0, 0.05) is 11.5 Å². The fraction of sp³-hybridized carbons (Fsp3) is 0.357. The van der Waals surface area contributed by atoms with E-state index in [1.807, 2.05) is 6.92 Å². The minimum absolute atomic E-state index is 0.143. The summed E-state index contributed by atoms with van der Waals surface area (Å²) in [6.07, 6.45) is 5.09. The average Bonchev–Trinajstić information content (AvgIpc) is 2.34. The van der Waals surface area contributed by atoms with E-state index in [9.17, 15) is 4.79 Å². The van der Waals surface area contributed by atoms with E-state index in [2.05, 4.69) is 19.1 Å². The molecule has 0 aromatic heterocycles. The van der Waals surface area contributed by atoms with Crippen LogP contribution in [0.2, 0.25) is 0 Å². The van der Waals surface area contributed by atoms with Crippen molar-refractivity contribution in [2.45, 2.75) is 26.2 Å². The Morgan fingerprint density at radius 2 is 2.24 bits per heavy atom. The highest BCUT2D eigenvalue weighted by Crippen LogP contribution is 2.28. The molecule has 0 aliphatic rings. The topological polar surface area (TPSA) is 46.5 Å². The fourth-order valence-electron chi connectivity index (χ4n) is 1.67. The first kappa shape index (κ1) is 13.3. The number of carboxylic acids is 1. The Morgan fingerprint density at radius 3 is 2.76 bits per heavy atom. The van der Waals surface area contributed by atoms with Crippen LogP contribution in [-0.2, 0) is 0 Å². The molecular formula is C14H18O3. The molecule has 1 aromatic rings. The highest BCUT2D eigenvalue weighted by molar-refractivity contribution is 5.88. The van der Waals surface area contributed by atoms with Crippen LogP contribution in [0, 0.1) is 0 Å². The first-order chi connectivity index (χ1) is 8.10. The van der Waals surface area contributed by atoms with Crippen molar-refractivity contribution in [1.29, 1.82) is 0 Å². The van der Waals surface area contributed by atoms with E-state index in [4.69, 9.17) is 9.84 Å². The van der Waals surface area contributed by atoms with Gasteiger partial charge in [0.15, 0.2) is 0 Å². The highest BCUT2D eigenvalue weighted by atomic mass is 16.5. The number of rotatable bonds is 5. The summed E-state index contributed by atoms with van der Waals surface area (Å²) in [6, 6.07) is 4.93. The van der Waals surface area contributed by atoms with Gasteiger partial charge in [0.25, 0.3) is 0 Å². The molecule has 0 aliphatic carbocycles. The van der Waals surface area contributed by atoms with Crippen molar-refractivity contribution in [2.75, 3.05) is 7.11 Å². The molecule has 1 aromatic carbocycles. The summed E-state index contributed by atoms with van der Waals surface area (Å²) >= 11 is 0. The van der Waals surface area contributed by atoms with Gasteiger partial charge >= 0.3 is 5.97 Å². The Hall–Kier alpha value is -1.77. The van der Waals surface area contributed by atoms with Gasteiger partial charge in [-0.3, -0.25) is 0 Å². The van der Waals surface area contributed by atoms with E-state index in [0.717, 1.165) is 17.7 Å². The van der Waals surface area contributed by atoms with Gasteiger partial charge in [-0.2, -0.15) is 0 Å². The monoisotopic (exact) mass is 234 g/mol. The van der Waals surface area contributed by atoms with E-state index in [1.165, 1.54) is 0 Å². The van der Waals surface area contributed by atoms with Gasteiger partial charge in [-0.25, -0.2) is 4.79 Å². The molecule has 0 radical (unpaired) electrons. The van der Waals surface area contributed by atoms with Crippen LogP contribution >= 0.6 is 0 Å². The third kappa shape index (κ3) is 3.34. The van der Waals surface area contributed by atoms with Crippen molar-refractivity contribution in [3.05, 3.63) is 41.5 Å². The van der Waals surface area contributed by atoms with Crippen molar-refractivity contribution in [1.82, 2.24) is 0 Å². The molecule has 17 heavy (non-hydrogen) atoms. The Bertz CT molecular complexity index is 421. The Labute approximate surface area is 102 Å². The number of carboxylic acid groups (broad SMARTS) is 1. The quantitative estimate of drug-likeness (QED) is 0.793. The zero-order chi connectivity index (χ0) is 12.8. The molecule has 3 heteroatoms. The van der Waals surface area contributed by atoms with E-state index in [-0.39, 0.29) is 11.5 Å². The molecule has 1 N–H and O–H groups in total. The minimum Gasteiger partial charge on any atom is -0.496 e. The van der Waals surface area contributed by atoms with Crippen molar-refractivity contribution in [3.8, 4) is 5.75 Å². The SMILES string of the molecule is CC/C=C/C(C)c1cc(C(=O)O)ccc1OC. The largest absolute Gasteiger partial charge is 0.496 e. The van der Waals surface area contributed by atoms with E-state index in [1.54, 1.807) is 25.3 Å². The van der Waals surface area contributed by atoms with Crippen LogP contribution in [0.25, 0.3) is 0 Å². The molecular weight excluding hydrogens is 216 g/mol. The molecule has 0 heterocycles. The van der Waals surface area contributed by atoms with Gasteiger partial charge in [0.2, 0.25) is 0 Å². The normalized spacial score (nSPS) is 12.6. The van der Waals surface area contributed by atoms with Crippen LogP contribution in [0.4, 0.5) is 0 Å². The molecule has 1 rings (SSSR count). The van der Waals surface area contributed by atoms with Crippen LogP contribution in [0.1, 0.15) is 42.1 Å². The van der Waals surface area contributed by atoms with Crippen molar-refractivity contribution in [3.63, 3.8) is 0 Å². The predicted octanol–water partition coefficient (Wildman–Crippen LogP) is 3.46. The number of benzene rings is 1. The third-order valence-electron chi connectivity index (χ3n) is 2.63. The Morgan fingerprint density at radius 1 is 1.53 bits per heavy atom. The Kier molecular flexibility index (Phi) is 4.76. The lowest BCUT2D eigenvalue weighted by atomic mass is 9.97. The highest BCUT2D eigenvalue weighted by Gasteiger charge is 2.12. The van der Waals surface area contributed by atoms with Gasteiger partial charge in [0.05, 0.1) is 12.7 Å². The molecule has 1 atom stereocenters. The number of allylic oxidation sites excluding steroid dienone is 2. The standard InChI is InChI=1S/C14H18O3/c1-4-5-6-10(2)12-9-11(14(15)16)7-8-13(12)17-3/h5-10H,4H2,1-3H3,(H,15,16)/b6-5+. The molecule has 0 aliphatic heterocycles. The zero-order valence-corrected chi connectivity index (χ0v) is 10.4. The van der Waals surface area contributed by atoms with Gasteiger partial charge in [-0.05, 0) is 24.6 Å². The molecule has 0 saturated heterocycles. The molecule has 92 valence electrons. The number of ether oxygens (including phenoxy) is 1. The lowest BCUT2D eigenvalue weighted by Crippen LogP contribution is -2.01. The maximum absolute atomic E-state index is 10.9.